The summed E-state index contributed by atoms with van der Waals surface area (Å²) in [6, 6.07) is 9.34. The van der Waals surface area contributed by atoms with Gasteiger partial charge in [-0.15, -0.1) is 16.7 Å². The lowest BCUT2D eigenvalue weighted by Crippen LogP contribution is -2.27. The summed E-state index contributed by atoms with van der Waals surface area (Å²) < 4.78 is 34.1. The van der Waals surface area contributed by atoms with Gasteiger partial charge in [-0.05, 0) is 25.5 Å². The van der Waals surface area contributed by atoms with Crippen molar-refractivity contribution in [2.45, 2.75) is 38.2 Å². The van der Waals surface area contributed by atoms with Gasteiger partial charge in [0, 0.05) is 24.8 Å². The van der Waals surface area contributed by atoms with Gasteiger partial charge in [-0.25, -0.2) is 18.9 Å². The van der Waals surface area contributed by atoms with E-state index in [-0.39, 0.29) is 19.0 Å². The van der Waals surface area contributed by atoms with Gasteiger partial charge in [0.1, 0.15) is 12.6 Å². The van der Waals surface area contributed by atoms with Crippen molar-refractivity contribution in [2.75, 3.05) is 26.1 Å². The van der Waals surface area contributed by atoms with Gasteiger partial charge in [-0.2, -0.15) is 0 Å². The molecule has 0 bridgehead atoms. The SMILES string of the molecule is CN(CCCCCl)P(=O)(OCc1ccccc1)OC[C@H]1O[C@@H](n2cnc(C(N)=O)n2)CC1C=O. The Morgan fingerprint density at radius 3 is 2.76 bits per heavy atom. The minimum absolute atomic E-state index is 0.0953. The Morgan fingerprint density at radius 2 is 2.12 bits per heavy atom. The third kappa shape index (κ3) is 6.94. The molecule has 1 aliphatic rings. The predicted molar refractivity (Wildman–Crippen MR) is 124 cm³/mol. The zero-order valence-corrected chi connectivity index (χ0v) is 20.5. The lowest BCUT2D eigenvalue weighted by atomic mass is 10.0. The predicted octanol–water partition coefficient (Wildman–Crippen LogP) is 2.77. The molecule has 1 aromatic carbocycles. The van der Waals surface area contributed by atoms with E-state index in [9.17, 15) is 14.2 Å². The van der Waals surface area contributed by atoms with Crippen LogP contribution in [0.15, 0.2) is 36.7 Å². The van der Waals surface area contributed by atoms with Gasteiger partial charge >= 0.3 is 7.75 Å². The maximum atomic E-state index is 13.7. The van der Waals surface area contributed by atoms with Crippen LogP contribution >= 0.6 is 19.3 Å². The van der Waals surface area contributed by atoms with Gasteiger partial charge in [0.05, 0.1) is 19.3 Å². The maximum absolute atomic E-state index is 13.7. The number of ether oxygens (including phenoxy) is 1. The highest BCUT2D eigenvalue weighted by molar-refractivity contribution is 7.51. The molecule has 3 rings (SSSR count). The van der Waals surface area contributed by atoms with Crippen molar-refractivity contribution in [2.24, 2.45) is 11.7 Å². The van der Waals surface area contributed by atoms with E-state index in [4.69, 9.17) is 31.1 Å². The van der Waals surface area contributed by atoms with Crippen molar-refractivity contribution >= 4 is 31.5 Å². The normalized spacial score (nSPS) is 22.0. The molecule has 2 N–H and O–H groups in total. The number of nitrogens with two attached hydrogens (primary N) is 1. The third-order valence-electron chi connectivity index (χ3n) is 5.40. The number of aromatic nitrogens is 3. The number of primary amides is 1. The number of rotatable bonds is 14. The summed E-state index contributed by atoms with van der Waals surface area (Å²) in [4.78, 5) is 26.8. The molecule has 186 valence electrons. The van der Waals surface area contributed by atoms with Crippen LogP contribution in [0.25, 0.3) is 0 Å². The number of hydrogen-bond acceptors (Lipinski definition) is 8. The van der Waals surface area contributed by atoms with Crippen molar-refractivity contribution in [1.29, 1.82) is 0 Å². The fraction of sp³-hybridized carbons (Fsp3) is 0.524. The standard InChI is InChI=1S/C21H29ClN5O6P/c1-26(10-6-5-9-22)34(30,31-13-16-7-3-2-4-8-16)32-14-18-17(12-28)11-19(33-18)27-15-24-21(25-27)20(23)29/h2-4,7-8,12,15,17-19H,5-6,9-11,13-14H2,1H3,(H2,23,29)/t17?,18-,19-,34?/m1/s1. The zero-order valence-electron chi connectivity index (χ0n) is 18.9. The topological polar surface area (TPSA) is 139 Å². The first-order chi connectivity index (χ1) is 16.4. The molecule has 34 heavy (non-hydrogen) atoms. The van der Waals surface area contributed by atoms with Crippen molar-refractivity contribution in [3.05, 3.63) is 48.0 Å². The third-order valence-corrected chi connectivity index (χ3v) is 7.64. The molecular formula is C21H29ClN5O6P. The van der Waals surface area contributed by atoms with E-state index in [1.807, 2.05) is 30.3 Å². The van der Waals surface area contributed by atoms with Crippen LogP contribution in [0.5, 0.6) is 0 Å². The highest BCUT2D eigenvalue weighted by Crippen LogP contribution is 2.52. The highest BCUT2D eigenvalue weighted by atomic mass is 35.5. The lowest BCUT2D eigenvalue weighted by molar-refractivity contribution is -0.113. The second kappa shape index (κ2) is 12.5. The van der Waals surface area contributed by atoms with Gasteiger partial charge in [-0.1, -0.05) is 30.3 Å². The van der Waals surface area contributed by atoms with Crippen LogP contribution in [-0.2, 0) is 29.8 Å². The molecule has 2 heterocycles. The first kappa shape index (κ1) is 26.5. The average Bonchev–Trinajstić information content (AvgIpc) is 3.49. The maximum Gasteiger partial charge on any atom is 0.408 e. The van der Waals surface area contributed by atoms with E-state index >= 15 is 0 Å². The minimum Gasteiger partial charge on any atom is -0.363 e. The Balaban J connectivity index is 1.67. The Bertz CT molecular complexity index is 993. The molecule has 1 amide bonds. The number of carbonyl (C=O) groups excluding carboxylic acids is 2. The Hall–Kier alpha value is -2.14. The fourth-order valence-electron chi connectivity index (χ4n) is 3.44. The van der Waals surface area contributed by atoms with E-state index in [0.29, 0.717) is 18.8 Å². The van der Waals surface area contributed by atoms with Crippen molar-refractivity contribution in [1.82, 2.24) is 19.4 Å². The van der Waals surface area contributed by atoms with Crippen LogP contribution in [0, 0.1) is 5.92 Å². The second-order valence-electron chi connectivity index (χ2n) is 7.88. The summed E-state index contributed by atoms with van der Waals surface area (Å²) >= 11 is 5.77. The summed E-state index contributed by atoms with van der Waals surface area (Å²) in [6.45, 7) is 0.417. The number of benzene rings is 1. The molecule has 13 heteroatoms. The highest BCUT2D eigenvalue weighted by Gasteiger charge is 2.40. The van der Waals surface area contributed by atoms with E-state index in [1.165, 1.54) is 11.0 Å². The molecule has 1 aromatic heterocycles. The van der Waals surface area contributed by atoms with Crippen LogP contribution in [0.2, 0.25) is 0 Å². The van der Waals surface area contributed by atoms with E-state index in [0.717, 1.165) is 24.7 Å². The van der Waals surface area contributed by atoms with Crippen molar-refractivity contribution in [3.63, 3.8) is 0 Å². The number of hydrogen-bond donors (Lipinski definition) is 1. The molecule has 11 nitrogen and oxygen atoms in total. The van der Waals surface area contributed by atoms with Crippen LogP contribution < -0.4 is 5.73 Å². The summed E-state index contributed by atoms with van der Waals surface area (Å²) in [5.74, 6) is -0.946. The van der Waals surface area contributed by atoms with Gasteiger partial charge < -0.3 is 15.3 Å². The van der Waals surface area contributed by atoms with Crippen molar-refractivity contribution < 1.29 is 27.9 Å². The molecule has 0 saturated carbocycles. The molecule has 1 aliphatic heterocycles. The Labute approximate surface area is 203 Å². The Morgan fingerprint density at radius 1 is 1.35 bits per heavy atom. The van der Waals surface area contributed by atoms with Crippen LogP contribution in [0.1, 0.15) is 41.7 Å². The molecule has 0 aliphatic carbocycles. The molecule has 0 radical (unpaired) electrons. The van der Waals surface area contributed by atoms with Crippen LogP contribution in [0.4, 0.5) is 0 Å². The number of nitrogens with zero attached hydrogens (tertiary/aromatic N) is 4. The fourth-order valence-corrected chi connectivity index (χ4v) is 5.13. The molecule has 2 unspecified atom stereocenters. The molecular weight excluding hydrogens is 485 g/mol. The Kier molecular flexibility index (Phi) is 9.75. The van der Waals surface area contributed by atoms with Crippen molar-refractivity contribution in [3.8, 4) is 0 Å². The van der Waals surface area contributed by atoms with Gasteiger partial charge in [0.2, 0.25) is 5.82 Å². The first-order valence-corrected chi connectivity index (χ1v) is 12.9. The summed E-state index contributed by atoms with van der Waals surface area (Å²) in [5, 5.41) is 3.99. The number of unbranched alkanes of at least 4 members (excludes halogenated alkanes) is 1. The molecule has 2 aromatic rings. The number of aldehydes is 1. The number of halogens is 1. The number of amides is 1. The largest absolute Gasteiger partial charge is 0.408 e. The molecule has 1 saturated heterocycles. The van der Waals surface area contributed by atoms with Crippen LogP contribution in [0.3, 0.4) is 0 Å². The first-order valence-electron chi connectivity index (χ1n) is 10.9. The molecule has 1 fully saturated rings. The molecule has 4 atom stereocenters. The smallest absolute Gasteiger partial charge is 0.363 e. The summed E-state index contributed by atoms with van der Waals surface area (Å²) in [5.41, 5.74) is 6.04. The average molecular weight is 514 g/mol. The number of carbonyl (C=O) groups is 2. The van der Waals surface area contributed by atoms with Gasteiger partial charge in [0.25, 0.3) is 5.91 Å². The van der Waals surface area contributed by atoms with E-state index in [1.54, 1.807) is 11.7 Å². The summed E-state index contributed by atoms with van der Waals surface area (Å²) in [6.07, 6.45) is 2.52. The quantitative estimate of drug-likeness (QED) is 0.175. The minimum atomic E-state index is -3.71. The van der Waals surface area contributed by atoms with Crippen LogP contribution in [-0.4, -0.2) is 63.8 Å². The van der Waals surface area contributed by atoms with E-state index in [2.05, 4.69) is 10.1 Å². The lowest BCUT2D eigenvalue weighted by Gasteiger charge is -2.28. The molecule has 0 spiro atoms. The van der Waals surface area contributed by atoms with Gasteiger partial charge in [-0.3, -0.25) is 13.8 Å². The second-order valence-corrected chi connectivity index (χ2v) is 10.4. The monoisotopic (exact) mass is 513 g/mol. The zero-order chi connectivity index (χ0) is 24.6. The van der Waals surface area contributed by atoms with E-state index < -0.39 is 31.9 Å². The number of alkyl halides is 1. The van der Waals surface area contributed by atoms with Gasteiger partial charge in [0.15, 0.2) is 6.23 Å². The summed E-state index contributed by atoms with van der Waals surface area (Å²) in [7, 11) is -2.04.